The first-order chi connectivity index (χ1) is 7.19. The molecule has 1 heterocycles. The van der Waals surface area contributed by atoms with E-state index in [0.29, 0.717) is 6.04 Å². The molecular formula is C12H27N3. The van der Waals surface area contributed by atoms with Gasteiger partial charge in [-0.2, -0.15) is 0 Å². The van der Waals surface area contributed by atoms with Crippen molar-refractivity contribution in [2.45, 2.75) is 45.2 Å². The van der Waals surface area contributed by atoms with Gasteiger partial charge in [-0.15, -0.1) is 0 Å². The highest BCUT2D eigenvalue weighted by Crippen LogP contribution is 2.17. The Balaban J connectivity index is 2.32. The number of hydrogen-bond donors (Lipinski definition) is 1. The van der Waals surface area contributed by atoms with Crippen molar-refractivity contribution >= 4 is 0 Å². The number of hydrogen-bond acceptors (Lipinski definition) is 3. The molecule has 1 fully saturated rings. The minimum absolute atomic E-state index is 0.633. The molecule has 1 rings (SSSR count). The lowest BCUT2D eigenvalue weighted by Crippen LogP contribution is -2.46. The van der Waals surface area contributed by atoms with Gasteiger partial charge in [-0.25, -0.2) is 0 Å². The maximum absolute atomic E-state index is 5.61. The van der Waals surface area contributed by atoms with Crippen molar-refractivity contribution in [1.29, 1.82) is 0 Å². The second-order valence-electron chi connectivity index (χ2n) is 4.76. The quantitative estimate of drug-likeness (QED) is 0.743. The first kappa shape index (κ1) is 12.9. The second-order valence-corrected chi connectivity index (χ2v) is 4.76. The zero-order valence-corrected chi connectivity index (χ0v) is 10.6. The van der Waals surface area contributed by atoms with Gasteiger partial charge in [-0.05, 0) is 59.4 Å². The molecule has 90 valence electrons. The molecule has 0 aromatic heterocycles. The van der Waals surface area contributed by atoms with Gasteiger partial charge in [-0.3, -0.25) is 0 Å². The van der Waals surface area contributed by atoms with Crippen LogP contribution in [0.25, 0.3) is 0 Å². The highest BCUT2D eigenvalue weighted by atomic mass is 15.2. The largest absolute Gasteiger partial charge is 0.330 e. The summed E-state index contributed by atoms with van der Waals surface area (Å²) in [6.45, 7) is 9.08. The average Bonchev–Trinajstić information content (AvgIpc) is 2.28. The van der Waals surface area contributed by atoms with Gasteiger partial charge in [0.2, 0.25) is 0 Å². The van der Waals surface area contributed by atoms with Crippen molar-refractivity contribution in [3.63, 3.8) is 0 Å². The number of piperidine rings is 1. The number of nitrogens with zero attached hydrogens (tertiary/aromatic N) is 2. The van der Waals surface area contributed by atoms with E-state index in [0.717, 1.165) is 19.0 Å². The average molecular weight is 213 g/mol. The van der Waals surface area contributed by atoms with Crippen molar-refractivity contribution in [2.75, 3.05) is 33.2 Å². The lowest BCUT2D eigenvalue weighted by atomic mass is 10.0. The summed E-state index contributed by atoms with van der Waals surface area (Å²) in [6, 6.07) is 1.41. The fourth-order valence-electron chi connectivity index (χ4n) is 2.45. The van der Waals surface area contributed by atoms with E-state index in [-0.39, 0.29) is 0 Å². The Hall–Kier alpha value is -0.120. The maximum atomic E-state index is 5.61. The summed E-state index contributed by atoms with van der Waals surface area (Å²) in [7, 11) is 2.26. The van der Waals surface area contributed by atoms with Gasteiger partial charge in [0.15, 0.2) is 0 Å². The van der Waals surface area contributed by atoms with Crippen LogP contribution in [0.15, 0.2) is 0 Å². The summed E-state index contributed by atoms with van der Waals surface area (Å²) in [5.41, 5.74) is 5.61. The normalized spacial score (nSPS) is 22.2. The van der Waals surface area contributed by atoms with E-state index in [4.69, 9.17) is 5.73 Å². The smallest absolute Gasteiger partial charge is 0.0119 e. The van der Waals surface area contributed by atoms with Crippen LogP contribution in [0, 0.1) is 0 Å². The third-order valence-electron chi connectivity index (χ3n) is 3.86. The molecule has 0 aliphatic carbocycles. The Morgan fingerprint density at radius 3 is 2.47 bits per heavy atom. The predicted octanol–water partition coefficient (Wildman–Crippen LogP) is 1.14. The minimum Gasteiger partial charge on any atom is -0.330 e. The van der Waals surface area contributed by atoms with E-state index < -0.39 is 0 Å². The van der Waals surface area contributed by atoms with Crippen LogP contribution in [0.2, 0.25) is 0 Å². The number of rotatable bonds is 5. The molecule has 1 saturated heterocycles. The summed E-state index contributed by atoms with van der Waals surface area (Å²) >= 11 is 0. The minimum atomic E-state index is 0.633. The van der Waals surface area contributed by atoms with Crippen LogP contribution in [0.4, 0.5) is 0 Å². The zero-order chi connectivity index (χ0) is 11.3. The van der Waals surface area contributed by atoms with Crippen LogP contribution >= 0.6 is 0 Å². The monoisotopic (exact) mass is 213 g/mol. The summed E-state index contributed by atoms with van der Waals surface area (Å²) in [4.78, 5) is 5.07. The molecule has 0 aromatic carbocycles. The molecule has 3 nitrogen and oxygen atoms in total. The van der Waals surface area contributed by atoms with Crippen molar-refractivity contribution in [2.24, 2.45) is 5.73 Å². The molecule has 1 unspecified atom stereocenters. The van der Waals surface area contributed by atoms with Gasteiger partial charge in [-0.1, -0.05) is 6.92 Å². The molecule has 0 bridgehead atoms. The SMILES string of the molecule is CCN1CCC(N(C)C(C)CCN)CC1. The Morgan fingerprint density at radius 2 is 2.00 bits per heavy atom. The molecule has 0 spiro atoms. The molecule has 0 radical (unpaired) electrons. The van der Waals surface area contributed by atoms with Gasteiger partial charge < -0.3 is 15.5 Å². The molecule has 0 aromatic rings. The second kappa shape index (κ2) is 6.46. The summed E-state index contributed by atoms with van der Waals surface area (Å²) in [6.07, 6.45) is 3.75. The molecule has 2 N–H and O–H groups in total. The highest BCUT2D eigenvalue weighted by Gasteiger charge is 2.23. The standard InChI is InChI=1S/C12H27N3/c1-4-15-9-6-12(7-10-15)14(3)11(2)5-8-13/h11-12H,4-10,13H2,1-3H3. The van der Waals surface area contributed by atoms with E-state index in [1.165, 1.54) is 32.5 Å². The van der Waals surface area contributed by atoms with Gasteiger partial charge >= 0.3 is 0 Å². The Kier molecular flexibility index (Phi) is 5.58. The lowest BCUT2D eigenvalue weighted by molar-refractivity contribution is 0.102. The Bertz CT molecular complexity index is 164. The maximum Gasteiger partial charge on any atom is 0.0119 e. The molecular weight excluding hydrogens is 186 g/mol. The first-order valence-corrected chi connectivity index (χ1v) is 6.33. The third kappa shape index (κ3) is 3.74. The third-order valence-corrected chi connectivity index (χ3v) is 3.86. The van der Waals surface area contributed by atoms with Gasteiger partial charge in [0.1, 0.15) is 0 Å². The van der Waals surface area contributed by atoms with E-state index in [9.17, 15) is 0 Å². The first-order valence-electron chi connectivity index (χ1n) is 6.33. The van der Waals surface area contributed by atoms with Crippen molar-refractivity contribution < 1.29 is 0 Å². The van der Waals surface area contributed by atoms with E-state index in [1.807, 2.05) is 0 Å². The van der Waals surface area contributed by atoms with Crippen molar-refractivity contribution in [3.05, 3.63) is 0 Å². The molecule has 15 heavy (non-hydrogen) atoms. The van der Waals surface area contributed by atoms with Gasteiger partial charge in [0.05, 0.1) is 0 Å². The Labute approximate surface area is 94.6 Å². The fraction of sp³-hybridized carbons (Fsp3) is 1.00. The van der Waals surface area contributed by atoms with Crippen LogP contribution in [0.3, 0.4) is 0 Å². The summed E-state index contributed by atoms with van der Waals surface area (Å²) in [5.74, 6) is 0. The van der Waals surface area contributed by atoms with Crippen LogP contribution in [-0.4, -0.2) is 55.1 Å². The van der Waals surface area contributed by atoms with Crippen LogP contribution in [0.5, 0.6) is 0 Å². The molecule has 1 atom stereocenters. The molecule has 0 saturated carbocycles. The van der Waals surface area contributed by atoms with Gasteiger partial charge in [0.25, 0.3) is 0 Å². The molecule has 3 heteroatoms. The molecule has 0 amide bonds. The van der Waals surface area contributed by atoms with Crippen molar-refractivity contribution in [1.82, 2.24) is 9.80 Å². The number of likely N-dealkylation sites (tertiary alicyclic amines) is 1. The van der Waals surface area contributed by atoms with Crippen LogP contribution < -0.4 is 5.73 Å². The van der Waals surface area contributed by atoms with Crippen molar-refractivity contribution in [3.8, 4) is 0 Å². The van der Waals surface area contributed by atoms with E-state index >= 15 is 0 Å². The Morgan fingerprint density at radius 1 is 1.40 bits per heavy atom. The summed E-state index contributed by atoms with van der Waals surface area (Å²) in [5, 5.41) is 0. The molecule has 1 aliphatic heterocycles. The lowest BCUT2D eigenvalue weighted by Gasteiger charge is -2.39. The zero-order valence-electron chi connectivity index (χ0n) is 10.6. The highest BCUT2D eigenvalue weighted by molar-refractivity contribution is 4.80. The topological polar surface area (TPSA) is 32.5 Å². The molecule has 1 aliphatic rings. The van der Waals surface area contributed by atoms with Crippen LogP contribution in [0.1, 0.15) is 33.1 Å². The van der Waals surface area contributed by atoms with Crippen LogP contribution in [-0.2, 0) is 0 Å². The number of nitrogens with two attached hydrogens (primary N) is 1. The summed E-state index contributed by atoms with van der Waals surface area (Å²) < 4.78 is 0. The predicted molar refractivity (Wildman–Crippen MR) is 66.0 cm³/mol. The van der Waals surface area contributed by atoms with Gasteiger partial charge in [0, 0.05) is 12.1 Å². The fourth-order valence-corrected chi connectivity index (χ4v) is 2.45. The van der Waals surface area contributed by atoms with E-state index in [2.05, 4.69) is 30.7 Å². The van der Waals surface area contributed by atoms with E-state index in [1.54, 1.807) is 0 Å².